The van der Waals surface area contributed by atoms with Crippen LogP contribution in [0.25, 0.3) is 0 Å². The molecule has 1 aliphatic carbocycles. The molecule has 1 saturated carbocycles. The van der Waals surface area contributed by atoms with Gasteiger partial charge in [-0.15, -0.1) is 0 Å². The first-order valence-electron chi connectivity index (χ1n) is 7.83. The summed E-state index contributed by atoms with van der Waals surface area (Å²) in [5.74, 6) is 1.72. The molecule has 4 atom stereocenters. The van der Waals surface area contributed by atoms with E-state index in [9.17, 15) is 4.79 Å². The number of hydrogen-bond donors (Lipinski definition) is 1. The third-order valence-electron chi connectivity index (χ3n) is 5.25. The number of carbonyl (C=O) groups is 1. The molecule has 0 aromatic carbocycles. The molecule has 0 aromatic rings. The average molecular weight is 266 g/mol. The number of rotatable bonds is 1. The molecule has 3 nitrogen and oxygen atoms in total. The largest absolute Gasteiger partial charge is 0.342 e. The van der Waals surface area contributed by atoms with Gasteiger partial charge in [-0.25, -0.2) is 0 Å². The van der Waals surface area contributed by atoms with Gasteiger partial charge in [0.1, 0.15) is 0 Å². The van der Waals surface area contributed by atoms with Gasteiger partial charge in [0.05, 0.1) is 0 Å². The molecule has 4 unspecified atom stereocenters. The first-order valence-corrected chi connectivity index (χ1v) is 7.83. The third-order valence-corrected chi connectivity index (χ3v) is 5.25. The van der Waals surface area contributed by atoms with Crippen molar-refractivity contribution in [1.29, 1.82) is 0 Å². The van der Waals surface area contributed by atoms with Crippen LogP contribution in [0.2, 0.25) is 0 Å². The summed E-state index contributed by atoms with van der Waals surface area (Å²) in [4.78, 5) is 14.8. The quantitative estimate of drug-likeness (QED) is 0.793. The van der Waals surface area contributed by atoms with E-state index in [-0.39, 0.29) is 5.92 Å². The van der Waals surface area contributed by atoms with Crippen LogP contribution in [0.5, 0.6) is 0 Å². The SMILES string of the molecule is CC1CC(N)CCC1C(=O)N1CCC(C(C)(C)C)C1. The Morgan fingerprint density at radius 1 is 1.21 bits per heavy atom. The van der Waals surface area contributed by atoms with Gasteiger partial charge in [-0.1, -0.05) is 27.7 Å². The monoisotopic (exact) mass is 266 g/mol. The molecule has 0 spiro atoms. The second-order valence-electron chi connectivity index (χ2n) is 7.79. The van der Waals surface area contributed by atoms with E-state index in [1.165, 1.54) is 0 Å². The molecule has 1 heterocycles. The number of hydrogen-bond acceptors (Lipinski definition) is 2. The predicted molar refractivity (Wildman–Crippen MR) is 78.6 cm³/mol. The lowest BCUT2D eigenvalue weighted by atomic mass is 9.77. The minimum atomic E-state index is 0.221. The Bertz CT molecular complexity index is 334. The Hall–Kier alpha value is -0.570. The lowest BCUT2D eigenvalue weighted by Crippen LogP contribution is -2.42. The van der Waals surface area contributed by atoms with Crippen molar-refractivity contribution in [2.24, 2.45) is 28.9 Å². The van der Waals surface area contributed by atoms with E-state index in [1.54, 1.807) is 0 Å². The van der Waals surface area contributed by atoms with Gasteiger partial charge in [0.25, 0.3) is 0 Å². The van der Waals surface area contributed by atoms with Crippen molar-refractivity contribution in [3.8, 4) is 0 Å². The van der Waals surface area contributed by atoms with Crippen molar-refractivity contribution in [2.45, 2.75) is 59.4 Å². The fraction of sp³-hybridized carbons (Fsp3) is 0.938. The lowest BCUT2D eigenvalue weighted by molar-refractivity contribution is -0.137. The van der Waals surface area contributed by atoms with Gasteiger partial charge >= 0.3 is 0 Å². The van der Waals surface area contributed by atoms with Crippen LogP contribution in [0.1, 0.15) is 53.4 Å². The molecular formula is C16H30N2O. The van der Waals surface area contributed by atoms with Crippen LogP contribution in [-0.2, 0) is 4.79 Å². The fourth-order valence-electron chi connectivity index (χ4n) is 3.71. The maximum Gasteiger partial charge on any atom is 0.225 e. The molecule has 2 rings (SSSR count). The molecule has 2 N–H and O–H groups in total. The highest BCUT2D eigenvalue weighted by molar-refractivity contribution is 5.79. The van der Waals surface area contributed by atoms with Crippen molar-refractivity contribution in [3.63, 3.8) is 0 Å². The Labute approximate surface area is 117 Å². The maximum atomic E-state index is 12.7. The fourth-order valence-corrected chi connectivity index (χ4v) is 3.71. The zero-order chi connectivity index (χ0) is 14.2. The van der Waals surface area contributed by atoms with E-state index in [2.05, 4.69) is 32.6 Å². The van der Waals surface area contributed by atoms with Crippen molar-refractivity contribution in [2.75, 3.05) is 13.1 Å². The molecule has 19 heavy (non-hydrogen) atoms. The molecule has 1 aliphatic heterocycles. The van der Waals surface area contributed by atoms with E-state index < -0.39 is 0 Å². The Morgan fingerprint density at radius 2 is 1.89 bits per heavy atom. The van der Waals surface area contributed by atoms with Gasteiger partial charge in [0.15, 0.2) is 0 Å². The smallest absolute Gasteiger partial charge is 0.225 e. The van der Waals surface area contributed by atoms with Crippen LogP contribution in [-0.4, -0.2) is 29.9 Å². The normalized spacial score (nSPS) is 36.6. The van der Waals surface area contributed by atoms with Crippen molar-refractivity contribution < 1.29 is 4.79 Å². The molecule has 110 valence electrons. The zero-order valence-corrected chi connectivity index (χ0v) is 13.0. The molecule has 2 aliphatic rings. The van der Waals surface area contributed by atoms with E-state index in [0.717, 1.165) is 38.8 Å². The van der Waals surface area contributed by atoms with Gasteiger partial charge in [-0.05, 0) is 42.9 Å². The first kappa shape index (κ1) is 14.8. The summed E-state index contributed by atoms with van der Waals surface area (Å²) in [6.45, 7) is 11.0. The minimum absolute atomic E-state index is 0.221. The van der Waals surface area contributed by atoms with Gasteiger partial charge in [-0.3, -0.25) is 4.79 Å². The van der Waals surface area contributed by atoms with Gasteiger partial charge in [0.2, 0.25) is 5.91 Å². The summed E-state index contributed by atoms with van der Waals surface area (Å²) < 4.78 is 0. The Kier molecular flexibility index (Phi) is 4.24. The van der Waals surface area contributed by atoms with E-state index in [4.69, 9.17) is 5.73 Å². The Balaban J connectivity index is 1.94. The molecule has 3 heteroatoms. The summed E-state index contributed by atoms with van der Waals surface area (Å²) >= 11 is 0. The third kappa shape index (κ3) is 3.31. The molecule has 1 saturated heterocycles. The number of nitrogens with two attached hydrogens (primary N) is 1. The van der Waals surface area contributed by atoms with Gasteiger partial charge in [-0.2, -0.15) is 0 Å². The summed E-state index contributed by atoms with van der Waals surface area (Å²) in [5.41, 5.74) is 6.31. The van der Waals surface area contributed by atoms with E-state index in [0.29, 0.717) is 29.2 Å². The average Bonchev–Trinajstić information content (AvgIpc) is 2.76. The van der Waals surface area contributed by atoms with Crippen molar-refractivity contribution in [1.82, 2.24) is 4.90 Å². The molecule has 1 amide bonds. The predicted octanol–water partition coefficient (Wildman–Crippen LogP) is 2.64. The van der Waals surface area contributed by atoms with Gasteiger partial charge in [0, 0.05) is 25.0 Å². The highest BCUT2D eigenvalue weighted by atomic mass is 16.2. The van der Waals surface area contributed by atoms with Crippen LogP contribution >= 0.6 is 0 Å². The van der Waals surface area contributed by atoms with Crippen molar-refractivity contribution >= 4 is 5.91 Å². The highest BCUT2D eigenvalue weighted by Gasteiger charge is 2.38. The molecule has 0 aromatic heterocycles. The number of likely N-dealkylation sites (tertiary alicyclic amines) is 1. The lowest BCUT2D eigenvalue weighted by Gasteiger charge is -2.34. The first-order chi connectivity index (χ1) is 8.79. The second-order valence-corrected chi connectivity index (χ2v) is 7.79. The summed E-state index contributed by atoms with van der Waals surface area (Å²) in [6.07, 6.45) is 4.16. The van der Waals surface area contributed by atoms with Crippen LogP contribution in [0.4, 0.5) is 0 Å². The van der Waals surface area contributed by atoms with Crippen LogP contribution in [0.3, 0.4) is 0 Å². The molecular weight excluding hydrogens is 236 g/mol. The summed E-state index contributed by atoms with van der Waals surface area (Å²) in [7, 11) is 0. The van der Waals surface area contributed by atoms with E-state index in [1.807, 2.05) is 0 Å². The standard InChI is InChI=1S/C16H30N2O/c1-11-9-13(17)5-6-14(11)15(19)18-8-7-12(10-18)16(2,3)4/h11-14H,5-10,17H2,1-4H3. The highest BCUT2D eigenvalue weighted by Crippen LogP contribution is 2.36. The molecule has 2 fully saturated rings. The van der Waals surface area contributed by atoms with E-state index >= 15 is 0 Å². The number of amides is 1. The van der Waals surface area contributed by atoms with Gasteiger partial charge < -0.3 is 10.6 Å². The van der Waals surface area contributed by atoms with Crippen LogP contribution in [0, 0.1) is 23.2 Å². The topological polar surface area (TPSA) is 46.3 Å². The minimum Gasteiger partial charge on any atom is -0.342 e. The zero-order valence-electron chi connectivity index (χ0n) is 13.0. The Morgan fingerprint density at radius 3 is 2.42 bits per heavy atom. The summed E-state index contributed by atoms with van der Waals surface area (Å²) in [5, 5.41) is 0. The second kappa shape index (κ2) is 5.43. The summed E-state index contributed by atoms with van der Waals surface area (Å²) in [6, 6.07) is 0.306. The number of carbonyl (C=O) groups excluding carboxylic acids is 1. The number of nitrogens with zero attached hydrogens (tertiary/aromatic N) is 1. The van der Waals surface area contributed by atoms with Crippen molar-refractivity contribution in [3.05, 3.63) is 0 Å². The molecule has 0 bridgehead atoms. The maximum absolute atomic E-state index is 12.7. The molecule has 0 radical (unpaired) electrons. The van der Waals surface area contributed by atoms with Crippen LogP contribution < -0.4 is 5.73 Å². The van der Waals surface area contributed by atoms with Crippen LogP contribution in [0.15, 0.2) is 0 Å².